The van der Waals surface area contributed by atoms with Crippen LogP contribution in [0.5, 0.6) is 5.75 Å². The maximum atomic E-state index is 13.6. The van der Waals surface area contributed by atoms with Gasteiger partial charge in [-0.1, -0.05) is 61.0 Å². The Bertz CT molecular complexity index is 1200. The van der Waals surface area contributed by atoms with Crippen LogP contribution in [0.3, 0.4) is 0 Å². The Balaban J connectivity index is 1.68. The Hall–Kier alpha value is -3.45. The van der Waals surface area contributed by atoms with Crippen molar-refractivity contribution in [2.75, 3.05) is 11.5 Å². The van der Waals surface area contributed by atoms with Gasteiger partial charge >= 0.3 is 6.18 Å². The minimum Gasteiger partial charge on any atom is -0.484 e. The highest BCUT2D eigenvalue weighted by Crippen LogP contribution is 2.37. The Kier molecular flexibility index (Phi) is 7.36. The molecule has 0 aromatic heterocycles. The average molecular weight is 501 g/mol. The standard InChI is InChI=1S/C27H24ClF3N2O2/c1-2-23(18-7-4-3-5-8-18)32-24-16-25(33(26(24)34)21-13-11-20(28)12-14-21)19-9-6-10-22(15-19)35-17-27(29,30)31/h3-16,23,25,32H,2,17H2,1H3/t23-,25+/m1/s1. The lowest BCUT2D eigenvalue weighted by atomic mass is 10.0. The summed E-state index contributed by atoms with van der Waals surface area (Å²) in [5.74, 6) is -0.165. The third-order valence-electron chi connectivity index (χ3n) is 5.70. The normalized spacial score (nSPS) is 16.7. The molecular weight excluding hydrogens is 477 g/mol. The smallest absolute Gasteiger partial charge is 0.422 e. The van der Waals surface area contributed by atoms with E-state index in [2.05, 4.69) is 5.32 Å². The Morgan fingerprint density at radius 1 is 1.03 bits per heavy atom. The molecule has 4 nitrogen and oxygen atoms in total. The minimum absolute atomic E-state index is 0.0776. The molecule has 0 saturated heterocycles. The summed E-state index contributed by atoms with van der Waals surface area (Å²) in [4.78, 5) is 15.2. The van der Waals surface area contributed by atoms with Crippen molar-refractivity contribution >= 4 is 23.2 Å². The number of nitrogens with one attached hydrogen (secondary N) is 1. The first-order valence-corrected chi connectivity index (χ1v) is 11.5. The summed E-state index contributed by atoms with van der Waals surface area (Å²) in [6.45, 7) is 0.638. The van der Waals surface area contributed by atoms with Gasteiger partial charge in [0.25, 0.3) is 5.91 Å². The van der Waals surface area contributed by atoms with E-state index in [9.17, 15) is 18.0 Å². The number of alkyl halides is 3. The van der Waals surface area contributed by atoms with Crippen LogP contribution < -0.4 is 15.0 Å². The summed E-state index contributed by atoms with van der Waals surface area (Å²) in [6.07, 6.45) is -1.90. The molecule has 3 aromatic rings. The quantitative estimate of drug-likeness (QED) is 0.362. The molecule has 0 bridgehead atoms. The highest BCUT2D eigenvalue weighted by molar-refractivity contribution is 6.30. The highest BCUT2D eigenvalue weighted by Gasteiger charge is 2.36. The van der Waals surface area contributed by atoms with Gasteiger partial charge in [0.05, 0.1) is 17.8 Å². The van der Waals surface area contributed by atoms with Gasteiger partial charge in [0.1, 0.15) is 5.75 Å². The fourth-order valence-electron chi connectivity index (χ4n) is 4.04. The van der Waals surface area contributed by atoms with Gasteiger partial charge in [0.15, 0.2) is 6.61 Å². The second-order valence-corrected chi connectivity index (χ2v) is 8.61. The van der Waals surface area contributed by atoms with Crippen LogP contribution >= 0.6 is 11.6 Å². The number of nitrogens with zero attached hydrogens (tertiary/aromatic N) is 1. The number of halogens is 4. The lowest BCUT2D eigenvalue weighted by Crippen LogP contribution is -2.33. The maximum absolute atomic E-state index is 13.6. The number of benzene rings is 3. The van der Waals surface area contributed by atoms with Gasteiger partial charge in [-0.3, -0.25) is 9.69 Å². The molecule has 8 heteroatoms. The molecule has 0 fully saturated rings. The zero-order valence-electron chi connectivity index (χ0n) is 18.9. The first-order chi connectivity index (χ1) is 16.7. The Morgan fingerprint density at radius 2 is 1.74 bits per heavy atom. The fraction of sp³-hybridized carbons (Fsp3) is 0.222. The first kappa shape index (κ1) is 24.7. The van der Waals surface area contributed by atoms with E-state index in [4.69, 9.17) is 16.3 Å². The summed E-state index contributed by atoms with van der Waals surface area (Å²) in [5.41, 5.74) is 2.71. The van der Waals surface area contributed by atoms with Gasteiger partial charge in [0.2, 0.25) is 0 Å². The van der Waals surface area contributed by atoms with Crippen molar-refractivity contribution in [3.05, 3.63) is 107 Å². The topological polar surface area (TPSA) is 41.6 Å². The molecule has 2 atom stereocenters. The summed E-state index contributed by atoms with van der Waals surface area (Å²) >= 11 is 6.05. The van der Waals surface area contributed by atoms with Crippen molar-refractivity contribution in [1.29, 1.82) is 0 Å². The number of anilines is 1. The molecule has 182 valence electrons. The van der Waals surface area contributed by atoms with Gasteiger partial charge in [-0.05, 0) is 60.0 Å². The molecule has 3 aromatic carbocycles. The van der Waals surface area contributed by atoms with Crippen molar-refractivity contribution in [3.63, 3.8) is 0 Å². The van der Waals surface area contributed by atoms with E-state index in [1.54, 1.807) is 47.4 Å². The Labute approximate surface area is 207 Å². The van der Waals surface area contributed by atoms with Crippen molar-refractivity contribution in [3.8, 4) is 5.75 Å². The van der Waals surface area contributed by atoms with E-state index in [0.29, 0.717) is 22.0 Å². The molecule has 1 aliphatic heterocycles. The SMILES string of the molecule is CC[C@@H](NC1=C[C@@H](c2cccc(OCC(F)(F)F)c2)N(c2ccc(Cl)cc2)C1=O)c1ccccc1. The van der Waals surface area contributed by atoms with E-state index in [0.717, 1.165) is 12.0 Å². The van der Waals surface area contributed by atoms with E-state index in [-0.39, 0.29) is 17.7 Å². The Morgan fingerprint density at radius 3 is 2.40 bits per heavy atom. The lowest BCUT2D eigenvalue weighted by molar-refractivity contribution is -0.153. The first-order valence-electron chi connectivity index (χ1n) is 11.2. The van der Waals surface area contributed by atoms with E-state index in [1.165, 1.54) is 12.1 Å². The van der Waals surface area contributed by atoms with Crippen LogP contribution in [0.2, 0.25) is 5.02 Å². The maximum Gasteiger partial charge on any atom is 0.422 e. The molecule has 0 unspecified atom stereocenters. The fourth-order valence-corrected chi connectivity index (χ4v) is 4.17. The van der Waals surface area contributed by atoms with Crippen LogP contribution in [0.1, 0.15) is 36.6 Å². The summed E-state index contributed by atoms with van der Waals surface area (Å²) < 4.78 is 42.9. The van der Waals surface area contributed by atoms with Gasteiger partial charge in [-0.2, -0.15) is 13.2 Å². The van der Waals surface area contributed by atoms with Crippen molar-refractivity contribution < 1.29 is 22.7 Å². The highest BCUT2D eigenvalue weighted by atomic mass is 35.5. The predicted octanol–water partition coefficient (Wildman–Crippen LogP) is 6.99. The molecule has 0 radical (unpaired) electrons. The van der Waals surface area contributed by atoms with Gasteiger partial charge in [-0.15, -0.1) is 0 Å². The third kappa shape index (κ3) is 5.98. The molecule has 1 amide bonds. The average Bonchev–Trinajstić information content (AvgIpc) is 3.18. The number of amides is 1. The summed E-state index contributed by atoms with van der Waals surface area (Å²) in [5, 5.41) is 3.89. The molecule has 1 N–H and O–H groups in total. The van der Waals surface area contributed by atoms with E-state index < -0.39 is 18.8 Å². The van der Waals surface area contributed by atoms with Crippen LogP contribution in [0.4, 0.5) is 18.9 Å². The number of hydrogen-bond acceptors (Lipinski definition) is 3. The largest absolute Gasteiger partial charge is 0.484 e. The third-order valence-corrected chi connectivity index (χ3v) is 5.95. The number of ether oxygens (including phenoxy) is 1. The molecule has 1 heterocycles. The van der Waals surface area contributed by atoms with Crippen LogP contribution in [0.15, 0.2) is 90.6 Å². The van der Waals surface area contributed by atoms with Crippen LogP contribution in [-0.4, -0.2) is 18.7 Å². The van der Waals surface area contributed by atoms with E-state index in [1.807, 2.05) is 37.3 Å². The molecule has 0 saturated carbocycles. The van der Waals surface area contributed by atoms with E-state index >= 15 is 0 Å². The summed E-state index contributed by atoms with van der Waals surface area (Å²) in [6, 6.07) is 22.4. The number of carbonyl (C=O) groups is 1. The zero-order valence-corrected chi connectivity index (χ0v) is 19.7. The van der Waals surface area contributed by atoms with Gasteiger partial charge in [0, 0.05) is 10.7 Å². The number of carbonyl (C=O) groups excluding carboxylic acids is 1. The van der Waals surface area contributed by atoms with Gasteiger partial charge < -0.3 is 10.1 Å². The predicted molar refractivity (Wildman–Crippen MR) is 130 cm³/mol. The molecular formula is C27H24ClF3N2O2. The molecule has 0 aliphatic carbocycles. The van der Waals surface area contributed by atoms with Crippen LogP contribution in [0.25, 0.3) is 0 Å². The number of rotatable bonds is 8. The second-order valence-electron chi connectivity index (χ2n) is 8.17. The van der Waals surface area contributed by atoms with Crippen LogP contribution in [-0.2, 0) is 4.79 Å². The minimum atomic E-state index is -4.45. The molecule has 1 aliphatic rings. The van der Waals surface area contributed by atoms with Gasteiger partial charge in [-0.25, -0.2) is 0 Å². The molecule has 0 spiro atoms. The van der Waals surface area contributed by atoms with Crippen LogP contribution in [0, 0.1) is 0 Å². The summed E-state index contributed by atoms with van der Waals surface area (Å²) in [7, 11) is 0. The van der Waals surface area contributed by atoms with Crippen molar-refractivity contribution in [1.82, 2.24) is 5.32 Å². The lowest BCUT2D eigenvalue weighted by Gasteiger charge is -2.26. The monoisotopic (exact) mass is 500 g/mol. The van der Waals surface area contributed by atoms with Crippen molar-refractivity contribution in [2.24, 2.45) is 0 Å². The van der Waals surface area contributed by atoms with Crippen molar-refractivity contribution in [2.45, 2.75) is 31.6 Å². The zero-order chi connectivity index (χ0) is 25.0. The second kappa shape index (κ2) is 10.4. The number of hydrogen-bond donors (Lipinski definition) is 1. The molecule has 4 rings (SSSR count). The molecule has 35 heavy (non-hydrogen) atoms.